The van der Waals surface area contributed by atoms with Gasteiger partial charge in [-0.15, -0.1) is 5.10 Å². The molecule has 0 saturated heterocycles. The predicted molar refractivity (Wildman–Crippen MR) is 70.0 cm³/mol. The summed E-state index contributed by atoms with van der Waals surface area (Å²) in [5.41, 5.74) is 2.97. The molecule has 0 unspecified atom stereocenters. The Morgan fingerprint density at radius 3 is 2.95 bits per heavy atom. The average Bonchev–Trinajstić information content (AvgIpc) is 3.08. The van der Waals surface area contributed by atoms with Gasteiger partial charge in [0, 0.05) is 11.8 Å². The summed E-state index contributed by atoms with van der Waals surface area (Å²) in [7, 11) is 0. The number of hydrogen-bond acceptors (Lipinski definition) is 6. The highest BCUT2D eigenvalue weighted by atomic mass is 32.2. The number of aromatic nitrogens is 5. The van der Waals surface area contributed by atoms with Gasteiger partial charge >= 0.3 is 0 Å². The van der Waals surface area contributed by atoms with E-state index in [9.17, 15) is 0 Å². The maximum Gasteiger partial charge on any atom is 0.214 e. The molecule has 2 heterocycles. The van der Waals surface area contributed by atoms with Crippen molar-refractivity contribution in [2.45, 2.75) is 17.8 Å². The summed E-state index contributed by atoms with van der Waals surface area (Å²) in [6.45, 7) is 2.03. The van der Waals surface area contributed by atoms with Crippen molar-refractivity contribution in [2.24, 2.45) is 0 Å². The van der Waals surface area contributed by atoms with E-state index < -0.39 is 0 Å². The van der Waals surface area contributed by atoms with Crippen molar-refractivity contribution in [2.75, 3.05) is 0 Å². The van der Waals surface area contributed by atoms with E-state index in [0.29, 0.717) is 5.75 Å². The van der Waals surface area contributed by atoms with Gasteiger partial charge in [-0.3, -0.25) is 0 Å². The first kappa shape index (κ1) is 11.9. The van der Waals surface area contributed by atoms with Crippen LogP contribution in [0.15, 0.2) is 46.3 Å². The van der Waals surface area contributed by atoms with Gasteiger partial charge in [0.05, 0.1) is 11.4 Å². The van der Waals surface area contributed by atoms with Crippen LogP contribution in [0.25, 0.3) is 5.69 Å². The zero-order valence-electron chi connectivity index (χ0n) is 10.2. The summed E-state index contributed by atoms with van der Waals surface area (Å²) in [5.74, 6) is 0.669. The molecule has 7 heteroatoms. The van der Waals surface area contributed by atoms with Crippen molar-refractivity contribution in [3.05, 3.63) is 47.9 Å². The lowest BCUT2D eigenvalue weighted by atomic mass is 10.2. The minimum absolute atomic E-state index is 0.669. The molecule has 2 aromatic heterocycles. The van der Waals surface area contributed by atoms with Gasteiger partial charge in [-0.1, -0.05) is 35.1 Å². The number of tetrazole rings is 1. The largest absolute Gasteiger partial charge is 0.364 e. The maximum atomic E-state index is 4.80. The standard InChI is InChI=1S/C12H11N5OS/c1-9-4-2-3-5-11(9)17-12(13-15-16-17)19-8-10-6-7-18-14-10/h2-7H,8H2,1H3. The molecule has 0 bridgehead atoms. The van der Waals surface area contributed by atoms with E-state index in [1.807, 2.05) is 37.3 Å². The maximum absolute atomic E-state index is 4.80. The number of thioether (sulfide) groups is 1. The Bertz CT molecular complexity index is 664. The molecule has 96 valence electrons. The number of benzene rings is 1. The minimum Gasteiger partial charge on any atom is -0.364 e. The van der Waals surface area contributed by atoms with Gasteiger partial charge in [-0.25, -0.2) is 0 Å². The minimum atomic E-state index is 0.669. The summed E-state index contributed by atoms with van der Waals surface area (Å²) in [4.78, 5) is 0. The zero-order valence-corrected chi connectivity index (χ0v) is 11.0. The molecule has 0 saturated carbocycles. The lowest BCUT2D eigenvalue weighted by Crippen LogP contribution is -2.01. The van der Waals surface area contributed by atoms with E-state index in [-0.39, 0.29) is 0 Å². The van der Waals surface area contributed by atoms with Crippen LogP contribution in [0.4, 0.5) is 0 Å². The summed E-state index contributed by atoms with van der Waals surface area (Å²) in [5, 5.41) is 16.4. The van der Waals surface area contributed by atoms with Crippen molar-refractivity contribution < 1.29 is 4.52 Å². The van der Waals surface area contributed by atoms with Crippen LogP contribution in [0.5, 0.6) is 0 Å². The third-order valence-corrected chi connectivity index (χ3v) is 3.58. The molecule has 0 N–H and O–H groups in total. The fourth-order valence-corrected chi connectivity index (χ4v) is 2.45. The van der Waals surface area contributed by atoms with Gasteiger partial charge in [0.1, 0.15) is 6.26 Å². The van der Waals surface area contributed by atoms with E-state index in [1.54, 1.807) is 10.9 Å². The molecule has 3 rings (SSSR count). The number of aryl methyl sites for hydroxylation is 1. The van der Waals surface area contributed by atoms with Crippen molar-refractivity contribution in [1.82, 2.24) is 25.4 Å². The quantitative estimate of drug-likeness (QED) is 0.679. The number of nitrogens with zero attached hydrogens (tertiary/aromatic N) is 5. The summed E-state index contributed by atoms with van der Waals surface area (Å²) in [6.07, 6.45) is 1.56. The Labute approximate surface area is 113 Å². The molecule has 0 amide bonds. The zero-order chi connectivity index (χ0) is 13.1. The van der Waals surface area contributed by atoms with Gasteiger partial charge in [0.15, 0.2) is 0 Å². The number of hydrogen-bond donors (Lipinski definition) is 0. The molecule has 3 aromatic rings. The Kier molecular flexibility index (Phi) is 3.28. The van der Waals surface area contributed by atoms with Crippen molar-refractivity contribution >= 4 is 11.8 Å². The van der Waals surface area contributed by atoms with E-state index in [2.05, 4.69) is 20.7 Å². The van der Waals surface area contributed by atoms with E-state index >= 15 is 0 Å². The lowest BCUT2D eigenvalue weighted by Gasteiger charge is -2.06. The third kappa shape index (κ3) is 2.50. The molecule has 6 nitrogen and oxygen atoms in total. The fourth-order valence-electron chi connectivity index (χ4n) is 1.67. The monoisotopic (exact) mass is 273 g/mol. The molecule has 0 radical (unpaired) electrons. The molecule has 0 aliphatic carbocycles. The van der Waals surface area contributed by atoms with Crippen LogP contribution in [-0.2, 0) is 5.75 Å². The first-order valence-electron chi connectivity index (χ1n) is 5.71. The van der Waals surface area contributed by atoms with Crippen LogP contribution in [0.2, 0.25) is 0 Å². The summed E-state index contributed by atoms with van der Waals surface area (Å²) >= 11 is 1.52. The Morgan fingerprint density at radius 2 is 2.16 bits per heavy atom. The molecular weight excluding hydrogens is 262 g/mol. The Balaban J connectivity index is 1.84. The van der Waals surface area contributed by atoms with Gasteiger partial charge in [-0.2, -0.15) is 4.68 Å². The molecule has 0 spiro atoms. The second-order valence-electron chi connectivity index (χ2n) is 3.94. The highest BCUT2D eigenvalue weighted by Crippen LogP contribution is 2.22. The number of para-hydroxylation sites is 1. The second-order valence-corrected chi connectivity index (χ2v) is 4.88. The molecule has 0 fully saturated rings. The molecule has 0 aliphatic heterocycles. The van der Waals surface area contributed by atoms with Crippen LogP contribution in [0, 0.1) is 6.92 Å². The van der Waals surface area contributed by atoms with Gasteiger partial charge in [0.25, 0.3) is 0 Å². The van der Waals surface area contributed by atoms with Gasteiger partial charge < -0.3 is 4.52 Å². The van der Waals surface area contributed by atoms with E-state index in [1.165, 1.54) is 11.8 Å². The van der Waals surface area contributed by atoms with Crippen LogP contribution in [0.3, 0.4) is 0 Å². The topological polar surface area (TPSA) is 69.6 Å². The van der Waals surface area contributed by atoms with Gasteiger partial charge in [0.2, 0.25) is 5.16 Å². The van der Waals surface area contributed by atoms with Crippen molar-refractivity contribution in [3.8, 4) is 5.69 Å². The van der Waals surface area contributed by atoms with Crippen molar-refractivity contribution in [3.63, 3.8) is 0 Å². The molecule has 0 aliphatic rings. The van der Waals surface area contributed by atoms with E-state index in [0.717, 1.165) is 22.1 Å². The Morgan fingerprint density at radius 1 is 1.26 bits per heavy atom. The highest BCUT2D eigenvalue weighted by Gasteiger charge is 2.11. The smallest absolute Gasteiger partial charge is 0.214 e. The molecule has 19 heavy (non-hydrogen) atoms. The lowest BCUT2D eigenvalue weighted by molar-refractivity contribution is 0.414. The normalized spacial score (nSPS) is 10.8. The SMILES string of the molecule is Cc1ccccc1-n1nnnc1SCc1ccon1. The third-order valence-electron chi connectivity index (χ3n) is 2.62. The number of rotatable bonds is 4. The van der Waals surface area contributed by atoms with Crippen LogP contribution in [-0.4, -0.2) is 25.4 Å². The predicted octanol–water partition coefficient (Wildman–Crippen LogP) is 2.25. The molecule has 1 aromatic carbocycles. The average molecular weight is 273 g/mol. The molecular formula is C12H11N5OS. The van der Waals surface area contributed by atoms with Crippen LogP contribution >= 0.6 is 11.8 Å². The first-order valence-corrected chi connectivity index (χ1v) is 6.69. The summed E-state index contributed by atoms with van der Waals surface area (Å²) in [6, 6.07) is 9.81. The van der Waals surface area contributed by atoms with E-state index in [4.69, 9.17) is 4.52 Å². The fraction of sp³-hybridized carbons (Fsp3) is 0.167. The Hall–Kier alpha value is -2.15. The highest BCUT2D eigenvalue weighted by molar-refractivity contribution is 7.98. The van der Waals surface area contributed by atoms with Crippen molar-refractivity contribution in [1.29, 1.82) is 0 Å². The first-order chi connectivity index (χ1) is 9.34. The second kappa shape index (κ2) is 5.23. The van der Waals surface area contributed by atoms with Gasteiger partial charge in [-0.05, 0) is 29.0 Å². The summed E-state index contributed by atoms with van der Waals surface area (Å²) < 4.78 is 6.53. The van der Waals surface area contributed by atoms with Crippen LogP contribution < -0.4 is 0 Å². The van der Waals surface area contributed by atoms with Crippen LogP contribution in [0.1, 0.15) is 11.3 Å². The molecule has 0 atom stereocenters.